The maximum atomic E-state index is 3.58. The predicted octanol–water partition coefficient (Wildman–Crippen LogP) is 4.68. The Morgan fingerprint density at radius 3 is 2.71 bits per heavy atom. The minimum atomic E-state index is 0.938. The summed E-state index contributed by atoms with van der Waals surface area (Å²) in [6.07, 6.45) is 3.94. The Morgan fingerprint density at radius 2 is 1.81 bits per heavy atom. The molecule has 1 nitrogen and oxygen atoms in total. The summed E-state index contributed by atoms with van der Waals surface area (Å²) >= 11 is 2.00. The molecule has 1 aliphatic rings. The van der Waals surface area contributed by atoms with Crippen LogP contribution in [0.25, 0.3) is 10.8 Å². The summed E-state index contributed by atoms with van der Waals surface area (Å²) in [6, 6.07) is 17.7. The molecular weight excluding hydrogens is 274 g/mol. The van der Waals surface area contributed by atoms with E-state index in [1.165, 1.54) is 40.5 Å². The zero-order valence-corrected chi connectivity index (χ0v) is 12.9. The average molecular weight is 293 g/mol. The smallest absolute Gasteiger partial charge is 0.0303 e. The highest BCUT2D eigenvalue weighted by Crippen LogP contribution is 2.30. The van der Waals surface area contributed by atoms with Crippen molar-refractivity contribution in [2.24, 2.45) is 0 Å². The zero-order valence-electron chi connectivity index (χ0n) is 12.1. The molecule has 2 heteroatoms. The van der Waals surface area contributed by atoms with Crippen LogP contribution in [0.2, 0.25) is 0 Å². The molecule has 0 saturated heterocycles. The molecule has 106 valence electrons. The number of hydrogen-bond acceptors (Lipinski definition) is 2. The van der Waals surface area contributed by atoms with Gasteiger partial charge in [-0.2, -0.15) is 0 Å². The van der Waals surface area contributed by atoms with Gasteiger partial charge >= 0.3 is 0 Å². The van der Waals surface area contributed by atoms with Crippen molar-refractivity contribution in [3.05, 3.63) is 69.4 Å². The number of nitrogens with one attached hydrogen (secondary N) is 1. The summed E-state index contributed by atoms with van der Waals surface area (Å²) in [6.45, 7) is 1.93. The van der Waals surface area contributed by atoms with Gasteiger partial charge in [0.05, 0.1) is 0 Å². The standard InChI is InChI=1S/C19H19NS/c1-2-5-16-10-14(8-9-15(16)4-1)12-20-13-18-11-17-6-3-7-19(17)21-18/h1-2,4-5,8-11,20H,3,6-7,12-13H2. The van der Waals surface area contributed by atoms with Crippen LogP contribution in [0.15, 0.2) is 48.5 Å². The summed E-state index contributed by atoms with van der Waals surface area (Å²) < 4.78 is 0. The number of fused-ring (bicyclic) bond motifs is 2. The van der Waals surface area contributed by atoms with Gasteiger partial charge in [-0.25, -0.2) is 0 Å². The molecule has 1 aromatic heterocycles. The van der Waals surface area contributed by atoms with Gasteiger partial charge < -0.3 is 5.32 Å². The van der Waals surface area contributed by atoms with E-state index in [9.17, 15) is 0 Å². The minimum absolute atomic E-state index is 0.938. The summed E-state index contributed by atoms with van der Waals surface area (Å²) in [5, 5.41) is 6.22. The minimum Gasteiger partial charge on any atom is -0.308 e. The van der Waals surface area contributed by atoms with E-state index in [1.807, 2.05) is 11.3 Å². The highest BCUT2D eigenvalue weighted by molar-refractivity contribution is 7.12. The van der Waals surface area contributed by atoms with E-state index in [-0.39, 0.29) is 0 Å². The van der Waals surface area contributed by atoms with Crippen LogP contribution < -0.4 is 5.32 Å². The third kappa shape index (κ3) is 2.74. The summed E-state index contributed by atoms with van der Waals surface area (Å²) in [7, 11) is 0. The lowest BCUT2D eigenvalue weighted by atomic mass is 10.1. The fraction of sp³-hybridized carbons (Fsp3) is 0.263. The van der Waals surface area contributed by atoms with Crippen LogP contribution in [0.5, 0.6) is 0 Å². The molecule has 0 saturated carbocycles. The summed E-state index contributed by atoms with van der Waals surface area (Å²) in [5.74, 6) is 0. The van der Waals surface area contributed by atoms with Gasteiger partial charge in [-0.15, -0.1) is 11.3 Å². The molecule has 1 aliphatic carbocycles. The molecule has 0 spiro atoms. The van der Waals surface area contributed by atoms with Crippen LogP contribution in [0, 0.1) is 0 Å². The highest BCUT2D eigenvalue weighted by atomic mass is 32.1. The van der Waals surface area contributed by atoms with Crippen molar-refractivity contribution < 1.29 is 0 Å². The van der Waals surface area contributed by atoms with Crippen LogP contribution in [0.3, 0.4) is 0 Å². The molecule has 2 aromatic carbocycles. The second kappa shape index (κ2) is 5.63. The van der Waals surface area contributed by atoms with E-state index in [4.69, 9.17) is 0 Å². The van der Waals surface area contributed by atoms with Crippen LogP contribution in [-0.2, 0) is 25.9 Å². The molecule has 0 bridgehead atoms. The molecule has 21 heavy (non-hydrogen) atoms. The molecule has 0 atom stereocenters. The second-order valence-corrected chi connectivity index (χ2v) is 7.02. The van der Waals surface area contributed by atoms with Crippen molar-refractivity contribution >= 4 is 22.1 Å². The first-order valence-electron chi connectivity index (χ1n) is 7.67. The first-order chi connectivity index (χ1) is 10.4. The lowest BCUT2D eigenvalue weighted by Gasteiger charge is -2.05. The first kappa shape index (κ1) is 13.1. The third-order valence-electron chi connectivity index (χ3n) is 4.24. The predicted molar refractivity (Wildman–Crippen MR) is 90.8 cm³/mol. The van der Waals surface area contributed by atoms with Gasteiger partial charge in [0.25, 0.3) is 0 Å². The molecule has 0 radical (unpaired) electrons. The van der Waals surface area contributed by atoms with Gasteiger partial charge in [-0.1, -0.05) is 36.4 Å². The van der Waals surface area contributed by atoms with Gasteiger partial charge in [0.1, 0.15) is 0 Å². The molecule has 4 rings (SSSR count). The number of hydrogen-bond donors (Lipinski definition) is 1. The molecule has 3 aromatic rings. The van der Waals surface area contributed by atoms with Crippen molar-refractivity contribution in [3.63, 3.8) is 0 Å². The van der Waals surface area contributed by atoms with Crippen molar-refractivity contribution in [2.75, 3.05) is 0 Å². The maximum absolute atomic E-state index is 3.58. The monoisotopic (exact) mass is 293 g/mol. The van der Waals surface area contributed by atoms with Crippen molar-refractivity contribution in [1.29, 1.82) is 0 Å². The van der Waals surface area contributed by atoms with E-state index >= 15 is 0 Å². The topological polar surface area (TPSA) is 12.0 Å². The van der Waals surface area contributed by atoms with Crippen molar-refractivity contribution in [1.82, 2.24) is 5.32 Å². The molecule has 0 fully saturated rings. The van der Waals surface area contributed by atoms with Gasteiger partial charge in [-0.3, -0.25) is 0 Å². The lowest BCUT2D eigenvalue weighted by molar-refractivity contribution is 0.701. The van der Waals surface area contributed by atoms with E-state index in [1.54, 1.807) is 10.4 Å². The second-order valence-electron chi connectivity index (χ2n) is 5.80. The molecule has 1 N–H and O–H groups in total. The van der Waals surface area contributed by atoms with Crippen LogP contribution in [0.4, 0.5) is 0 Å². The molecule has 0 unspecified atom stereocenters. The Morgan fingerprint density at radius 1 is 0.905 bits per heavy atom. The Kier molecular flexibility index (Phi) is 3.50. The fourth-order valence-electron chi connectivity index (χ4n) is 3.16. The SMILES string of the molecule is c1ccc2cc(CNCc3cc4c(s3)CCC4)ccc2c1. The number of benzene rings is 2. The van der Waals surface area contributed by atoms with E-state index < -0.39 is 0 Å². The van der Waals surface area contributed by atoms with E-state index in [0.29, 0.717) is 0 Å². The fourth-order valence-corrected chi connectivity index (χ4v) is 4.39. The number of aryl methyl sites for hydroxylation is 2. The van der Waals surface area contributed by atoms with E-state index in [2.05, 4.69) is 53.8 Å². The van der Waals surface area contributed by atoms with Gasteiger partial charge in [0.2, 0.25) is 0 Å². The molecule has 0 aliphatic heterocycles. The van der Waals surface area contributed by atoms with Crippen molar-refractivity contribution in [2.45, 2.75) is 32.4 Å². The average Bonchev–Trinajstić information content (AvgIpc) is 3.08. The van der Waals surface area contributed by atoms with Gasteiger partial charge in [0, 0.05) is 22.8 Å². The number of rotatable bonds is 4. The van der Waals surface area contributed by atoms with Gasteiger partial charge in [0.15, 0.2) is 0 Å². The summed E-state index contributed by atoms with van der Waals surface area (Å²) in [4.78, 5) is 3.11. The van der Waals surface area contributed by atoms with Crippen molar-refractivity contribution in [3.8, 4) is 0 Å². The molecular formula is C19H19NS. The van der Waals surface area contributed by atoms with Gasteiger partial charge in [-0.05, 0) is 53.3 Å². The lowest BCUT2D eigenvalue weighted by Crippen LogP contribution is -2.11. The third-order valence-corrected chi connectivity index (χ3v) is 5.48. The Hall–Kier alpha value is -1.64. The number of thiophene rings is 1. The van der Waals surface area contributed by atoms with E-state index in [0.717, 1.165) is 13.1 Å². The Balaban J connectivity index is 1.41. The first-order valence-corrected chi connectivity index (χ1v) is 8.49. The van der Waals surface area contributed by atoms with Crippen LogP contribution in [-0.4, -0.2) is 0 Å². The zero-order chi connectivity index (χ0) is 14.1. The highest BCUT2D eigenvalue weighted by Gasteiger charge is 2.14. The normalized spacial score (nSPS) is 13.7. The van der Waals surface area contributed by atoms with Crippen LogP contribution in [0.1, 0.15) is 27.3 Å². The maximum Gasteiger partial charge on any atom is 0.0303 e. The molecule has 1 heterocycles. The molecule has 0 amide bonds. The van der Waals surface area contributed by atoms with Crippen LogP contribution >= 0.6 is 11.3 Å². The Labute approximate surface area is 129 Å². The Bertz CT molecular complexity index is 751. The summed E-state index contributed by atoms with van der Waals surface area (Å²) in [5.41, 5.74) is 2.96. The quantitative estimate of drug-likeness (QED) is 0.736. The largest absolute Gasteiger partial charge is 0.308 e.